The normalized spacial score (nSPS) is 12.7. The maximum absolute atomic E-state index is 11.2. The molecule has 5 heteroatoms. The topological polar surface area (TPSA) is 40.6 Å². The molecule has 0 spiro atoms. The van der Waals surface area contributed by atoms with Crippen LogP contribution in [0.3, 0.4) is 0 Å². The molecule has 0 aliphatic carbocycles. The van der Waals surface area contributed by atoms with Gasteiger partial charge in [-0.05, 0) is 13.8 Å². The summed E-state index contributed by atoms with van der Waals surface area (Å²) in [6.07, 6.45) is 3.06. The second kappa shape index (κ2) is 6.25. The van der Waals surface area contributed by atoms with Gasteiger partial charge in [-0.1, -0.05) is 6.08 Å². The van der Waals surface area contributed by atoms with Gasteiger partial charge in [-0.3, -0.25) is 4.90 Å². The molecular weight excluding hydrogens is 212 g/mol. The Morgan fingerprint density at radius 1 is 1.33 bits per heavy atom. The number of sulfonamides is 1. The molecule has 0 radical (unpaired) electrons. The van der Waals surface area contributed by atoms with Crippen molar-refractivity contribution >= 4 is 10.0 Å². The van der Waals surface area contributed by atoms with Gasteiger partial charge in [-0.15, -0.1) is 6.58 Å². The van der Waals surface area contributed by atoms with Crippen LogP contribution in [0.2, 0.25) is 0 Å². The molecule has 0 fully saturated rings. The largest absolute Gasteiger partial charge is 0.296 e. The van der Waals surface area contributed by atoms with Crippen LogP contribution in [0.15, 0.2) is 12.7 Å². The van der Waals surface area contributed by atoms with Gasteiger partial charge in [0.15, 0.2) is 0 Å². The van der Waals surface area contributed by atoms with Gasteiger partial charge in [0.25, 0.3) is 0 Å². The van der Waals surface area contributed by atoms with Crippen molar-refractivity contribution in [3.05, 3.63) is 12.7 Å². The maximum atomic E-state index is 11.2. The van der Waals surface area contributed by atoms with Crippen LogP contribution in [0.4, 0.5) is 0 Å². The minimum absolute atomic E-state index is 0.399. The van der Waals surface area contributed by atoms with Crippen molar-refractivity contribution in [1.82, 2.24) is 9.21 Å². The third-order valence-corrected chi connectivity index (χ3v) is 3.68. The molecular formula is C10H22N2O2S. The van der Waals surface area contributed by atoms with Gasteiger partial charge >= 0.3 is 0 Å². The fourth-order valence-corrected chi connectivity index (χ4v) is 1.57. The van der Waals surface area contributed by atoms with E-state index >= 15 is 0 Å². The number of rotatable bonds is 7. The zero-order chi connectivity index (χ0) is 12.1. The average molecular weight is 234 g/mol. The van der Waals surface area contributed by atoms with Gasteiger partial charge in [-0.2, -0.15) is 0 Å². The zero-order valence-corrected chi connectivity index (χ0v) is 10.9. The Hall–Kier alpha value is -0.390. The Balaban J connectivity index is 4.16. The average Bonchev–Trinajstić information content (AvgIpc) is 2.09. The molecule has 0 N–H and O–H groups in total. The van der Waals surface area contributed by atoms with Gasteiger partial charge in [0.2, 0.25) is 10.0 Å². The first-order chi connectivity index (χ1) is 6.79. The first-order valence-electron chi connectivity index (χ1n) is 5.05. The Bertz CT molecular complexity index is 286. The lowest BCUT2D eigenvalue weighted by atomic mass is 10.3. The maximum Gasteiger partial charge on any atom is 0.210 e. The summed E-state index contributed by atoms with van der Waals surface area (Å²) in [5, 5.41) is 0. The summed E-state index contributed by atoms with van der Waals surface area (Å²) in [5.74, 6) is 0. The molecule has 0 unspecified atom stereocenters. The smallest absolute Gasteiger partial charge is 0.210 e. The molecule has 0 rings (SSSR count). The quantitative estimate of drug-likeness (QED) is 0.611. The van der Waals surface area contributed by atoms with Crippen LogP contribution < -0.4 is 0 Å². The monoisotopic (exact) mass is 234 g/mol. The highest BCUT2D eigenvalue weighted by Gasteiger charge is 2.13. The van der Waals surface area contributed by atoms with E-state index in [1.54, 1.807) is 7.05 Å². The molecule has 4 nitrogen and oxygen atoms in total. The molecule has 0 amide bonds. The summed E-state index contributed by atoms with van der Waals surface area (Å²) >= 11 is 0. The molecule has 0 atom stereocenters. The summed E-state index contributed by atoms with van der Waals surface area (Å²) < 4.78 is 23.7. The van der Waals surface area contributed by atoms with Crippen LogP contribution in [0, 0.1) is 0 Å². The van der Waals surface area contributed by atoms with Crippen LogP contribution in [0.25, 0.3) is 0 Å². The van der Waals surface area contributed by atoms with Crippen molar-refractivity contribution in [1.29, 1.82) is 0 Å². The Morgan fingerprint density at radius 2 is 1.87 bits per heavy atom. The van der Waals surface area contributed by atoms with Crippen molar-refractivity contribution < 1.29 is 8.42 Å². The molecule has 15 heavy (non-hydrogen) atoms. The molecule has 0 heterocycles. The number of hydrogen-bond donors (Lipinski definition) is 0. The number of hydrogen-bond acceptors (Lipinski definition) is 3. The molecule has 90 valence electrons. The third kappa shape index (κ3) is 5.92. The Labute approximate surface area is 93.6 Å². The van der Waals surface area contributed by atoms with Crippen molar-refractivity contribution in [3.63, 3.8) is 0 Å². The van der Waals surface area contributed by atoms with E-state index in [-0.39, 0.29) is 0 Å². The summed E-state index contributed by atoms with van der Waals surface area (Å²) in [5.41, 5.74) is 0. The SMILES string of the molecule is C=CCN(CCN(C)S(C)(=O)=O)C(C)C. The molecule has 0 bridgehead atoms. The molecule has 0 aromatic rings. The van der Waals surface area contributed by atoms with Crippen molar-refractivity contribution in [3.8, 4) is 0 Å². The van der Waals surface area contributed by atoms with Crippen LogP contribution in [-0.2, 0) is 10.0 Å². The zero-order valence-electron chi connectivity index (χ0n) is 10.1. The van der Waals surface area contributed by atoms with Crippen molar-refractivity contribution in [2.24, 2.45) is 0 Å². The molecule has 0 aliphatic heterocycles. The summed E-state index contributed by atoms with van der Waals surface area (Å²) in [6.45, 7) is 9.89. The Kier molecular flexibility index (Phi) is 6.09. The number of likely N-dealkylation sites (N-methyl/N-ethyl adjacent to an activating group) is 1. The lowest BCUT2D eigenvalue weighted by Crippen LogP contribution is -2.39. The van der Waals surface area contributed by atoms with E-state index in [2.05, 4.69) is 25.3 Å². The second-order valence-corrected chi connectivity index (χ2v) is 6.05. The lowest BCUT2D eigenvalue weighted by Gasteiger charge is -2.26. The summed E-state index contributed by atoms with van der Waals surface area (Å²) in [6, 6.07) is 0.399. The highest BCUT2D eigenvalue weighted by molar-refractivity contribution is 7.88. The first-order valence-corrected chi connectivity index (χ1v) is 6.90. The van der Waals surface area contributed by atoms with Gasteiger partial charge < -0.3 is 0 Å². The highest BCUT2D eigenvalue weighted by atomic mass is 32.2. The van der Waals surface area contributed by atoms with E-state index in [9.17, 15) is 8.42 Å². The van der Waals surface area contributed by atoms with Crippen LogP contribution in [0.1, 0.15) is 13.8 Å². The molecule has 0 saturated heterocycles. The number of nitrogens with zero attached hydrogens (tertiary/aromatic N) is 2. The fourth-order valence-electron chi connectivity index (χ4n) is 1.16. The summed E-state index contributed by atoms with van der Waals surface area (Å²) in [4.78, 5) is 2.18. The van der Waals surface area contributed by atoms with E-state index < -0.39 is 10.0 Å². The van der Waals surface area contributed by atoms with E-state index in [0.717, 1.165) is 13.1 Å². The second-order valence-electron chi connectivity index (χ2n) is 3.96. The fraction of sp³-hybridized carbons (Fsp3) is 0.800. The van der Waals surface area contributed by atoms with Crippen LogP contribution in [-0.4, -0.2) is 56.6 Å². The van der Waals surface area contributed by atoms with E-state index in [1.165, 1.54) is 10.6 Å². The molecule has 0 aliphatic rings. The van der Waals surface area contributed by atoms with E-state index in [1.807, 2.05) is 6.08 Å². The van der Waals surface area contributed by atoms with E-state index in [4.69, 9.17) is 0 Å². The molecule has 0 saturated carbocycles. The predicted molar refractivity (Wildman–Crippen MR) is 64.4 cm³/mol. The van der Waals surface area contributed by atoms with Gasteiger partial charge in [0, 0.05) is 32.7 Å². The van der Waals surface area contributed by atoms with Crippen molar-refractivity contribution in [2.75, 3.05) is 32.9 Å². The predicted octanol–water partition coefficient (Wildman–Crippen LogP) is 0.774. The molecule has 0 aromatic heterocycles. The van der Waals surface area contributed by atoms with Gasteiger partial charge in [0.05, 0.1) is 6.26 Å². The highest BCUT2D eigenvalue weighted by Crippen LogP contribution is 2.00. The Morgan fingerprint density at radius 3 is 2.20 bits per heavy atom. The first kappa shape index (κ1) is 14.6. The standard InChI is InChI=1S/C10H22N2O2S/c1-6-7-12(10(2)3)9-8-11(4)15(5,13)14/h6,10H,1,7-9H2,2-5H3. The van der Waals surface area contributed by atoms with Gasteiger partial charge in [-0.25, -0.2) is 12.7 Å². The lowest BCUT2D eigenvalue weighted by molar-refractivity contribution is 0.233. The van der Waals surface area contributed by atoms with E-state index in [0.29, 0.717) is 12.6 Å². The van der Waals surface area contributed by atoms with Crippen molar-refractivity contribution in [2.45, 2.75) is 19.9 Å². The van der Waals surface area contributed by atoms with Crippen LogP contribution >= 0.6 is 0 Å². The third-order valence-electron chi connectivity index (χ3n) is 2.36. The summed E-state index contributed by atoms with van der Waals surface area (Å²) in [7, 11) is -1.46. The van der Waals surface area contributed by atoms with Gasteiger partial charge in [0.1, 0.15) is 0 Å². The minimum atomic E-state index is -3.06. The van der Waals surface area contributed by atoms with Crippen LogP contribution in [0.5, 0.6) is 0 Å². The minimum Gasteiger partial charge on any atom is -0.296 e. The molecule has 0 aromatic carbocycles.